The maximum atomic E-state index is 13.2. The third-order valence-corrected chi connectivity index (χ3v) is 7.95. The van der Waals surface area contributed by atoms with Crippen molar-refractivity contribution in [2.75, 3.05) is 29.9 Å². The van der Waals surface area contributed by atoms with Gasteiger partial charge in [-0.15, -0.1) is 0 Å². The highest BCUT2D eigenvalue weighted by Gasteiger charge is 2.26. The minimum atomic E-state index is -0.0231. The highest BCUT2D eigenvalue weighted by atomic mass is 16.2. The SMILES string of the molecule is Cc1c(C)n(C)c2ccc(C(=O)N3CCC(CC(=O)Nc4cccc(N5CCCC5=O)c4)CC3)cc12. The number of benzene rings is 2. The molecule has 3 aromatic rings. The summed E-state index contributed by atoms with van der Waals surface area (Å²) in [7, 11) is 2.05. The average molecular weight is 487 g/mol. The lowest BCUT2D eigenvalue weighted by molar-refractivity contribution is -0.118. The van der Waals surface area contributed by atoms with Crippen LogP contribution < -0.4 is 10.2 Å². The summed E-state index contributed by atoms with van der Waals surface area (Å²) in [5, 5.41) is 4.13. The topological polar surface area (TPSA) is 74.7 Å². The number of rotatable bonds is 5. The van der Waals surface area contributed by atoms with Crippen molar-refractivity contribution in [2.45, 2.75) is 46.0 Å². The molecule has 36 heavy (non-hydrogen) atoms. The molecule has 188 valence electrons. The second-order valence-corrected chi connectivity index (χ2v) is 10.2. The van der Waals surface area contributed by atoms with Crippen LogP contribution in [0.3, 0.4) is 0 Å². The third kappa shape index (κ3) is 4.62. The number of nitrogens with one attached hydrogen (secondary N) is 1. The molecule has 3 amide bonds. The molecule has 2 aliphatic heterocycles. The van der Waals surface area contributed by atoms with Gasteiger partial charge in [-0.2, -0.15) is 0 Å². The number of nitrogens with zero attached hydrogens (tertiary/aromatic N) is 3. The molecule has 0 atom stereocenters. The summed E-state index contributed by atoms with van der Waals surface area (Å²) in [6.07, 6.45) is 3.51. The summed E-state index contributed by atoms with van der Waals surface area (Å²) in [5.41, 5.74) is 5.84. The Morgan fingerprint density at radius 2 is 1.81 bits per heavy atom. The number of aromatic nitrogens is 1. The van der Waals surface area contributed by atoms with E-state index in [1.165, 1.54) is 11.3 Å². The Balaban J connectivity index is 1.16. The van der Waals surface area contributed by atoms with Crippen molar-refractivity contribution in [1.82, 2.24) is 9.47 Å². The minimum absolute atomic E-state index is 0.0231. The second-order valence-electron chi connectivity index (χ2n) is 10.2. The lowest BCUT2D eigenvalue weighted by Gasteiger charge is -2.32. The van der Waals surface area contributed by atoms with Gasteiger partial charge >= 0.3 is 0 Å². The molecule has 0 spiro atoms. The lowest BCUT2D eigenvalue weighted by atomic mass is 9.92. The Morgan fingerprint density at radius 1 is 1.03 bits per heavy atom. The monoisotopic (exact) mass is 486 g/mol. The van der Waals surface area contributed by atoms with Gasteiger partial charge in [-0.25, -0.2) is 0 Å². The summed E-state index contributed by atoms with van der Waals surface area (Å²) in [6, 6.07) is 13.5. The van der Waals surface area contributed by atoms with Gasteiger partial charge < -0.3 is 19.7 Å². The molecule has 0 bridgehead atoms. The smallest absolute Gasteiger partial charge is 0.253 e. The average Bonchev–Trinajstić information content (AvgIpc) is 3.41. The Bertz CT molecular complexity index is 1330. The number of piperidine rings is 1. The van der Waals surface area contributed by atoms with E-state index in [2.05, 4.69) is 30.8 Å². The van der Waals surface area contributed by atoms with Crippen molar-refractivity contribution in [3.05, 3.63) is 59.3 Å². The molecule has 0 saturated carbocycles. The summed E-state index contributed by atoms with van der Waals surface area (Å²) in [5.74, 6) is 0.423. The van der Waals surface area contributed by atoms with Gasteiger partial charge in [0.1, 0.15) is 0 Å². The lowest BCUT2D eigenvalue weighted by Crippen LogP contribution is -2.39. The van der Waals surface area contributed by atoms with Crippen LogP contribution in [0.1, 0.15) is 53.7 Å². The number of hydrogen-bond acceptors (Lipinski definition) is 3. The van der Waals surface area contributed by atoms with E-state index in [9.17, 15) is 14.4 Å². The maximum absolute atomic E-state index is 13.2. The van der Waals surface area contributed by atoms with Gasteiger partial charge in [-0.05, 0) is 81.0 Å². The number of hydrogen-bond donors (Lipinski definition) is 1. The predicted octanol–water partition coefficient (Wildman–Crippen LogP) is 4.80. The summed E-state index contributed by atoms with van der Waals surface area (Å²) >= 11 is 0. The van der Waals surface area contributed by atoms with E-state index in [0.29, 0.717) is 31.6 Å². The normalized spacial score (nSPS) is 16.7. The summed E-state index contributed by atoms with van der Waals surface area (Å²) < 4.78 is 2.16. The van der Waals surface area contributed by atoms with Crippen LogP contribution in [-0.2, 0) is 16.6 Å². The van der Waals surface area contributed by atoms with Crippen LogP contribution in [-0.4, -0.2) is 46.8 Å². The van der Waals surface area contributed by atoms with E-state index >= 15 is 0 Å². The Morgan fingerprint density at radius 3 is 2.53 bits per heavy atom. The van der Waals surface area contributed by atoms with Crippen LogP contribution in [0.25, 0.3) is 10.9 Å². The van der Waals surface area contributed by atoms with E-state index in [4.69, 9.17) is 0 Å². The molecule has 7 heteroatoms. The van der Waals surface area contributed by atoms with E-state index < -0.39 is 0 Å². The first-order valence-electron chi connectivity index (χ1n) is 12.9. The van der Waals surface area contributed by atoms with Crippen LogP contribution in [0.5, 0.6) is 0 Å². The zero-order valence-corrected chi connectivity index (χ0v) is 21.3. The molecule has 1 N–H and O–H groups in total. The molecule has 1 aromatic heterocycles. The van der Waals surface area contributed by atoms with E-state index in [0.717, 1.165) is 48.0 Å². The van der Waals surface area contributed by atoms with Crippen molar-refractivity contribution < 1.29 is 14.4 Å². The van der Waals surface area contributed by atoms with Crippen molar-refractivity contribution in [3.63, 3.8) is 0 Å². The van der Waals surface area contributed by atoms with Crippen molar-refractivity contribution >= 4 is 40.0 Å². The molecular formula is C29H34N4O3. The van der Waals surface area contributed by atoms with Crippen LogP contribution >= 0.6 is 0 Å². The number of anilines is 2. The second kappa shape index (κ2) is 9.80. The first-order chi connectivity index (χ1) is 17.3. The fourth-order valence-electron chi connectivity index (χ4n) is 5.56. The standard InChI is InChI=1S/C29H34N4O3/c1-19-20(2)31(3)26-10-9-22(17-25(19)26)29(36)32-14-11-21(12-15-32)16-27(34)30-23-6-4-7-24(18-23)33-13-5-8-28(33)35/h4,6-7,9-10,17-18,21H,5,8,11-16H2,1-3H3,(H,30,34). The highest BCUT2D eigenvalue weighted by Crippen LogP contribution is 2.28. The minimum Gasteiger partial charge on any atom is -0.348 e. The molecular weight excluding hydrogens is 452 g/mol. The first-order valence-corrected chi connectivity index (χ1v) is 12.9. The molecule has 5 rings (SSSR count). The number of carbonyl (C=O) groups excluding carboxylic acids is 3. The van der Waals surface area contributed by atoms with Crippen LogP contribution in [0, 0.1) is 19.8 Å². The third-order valence-electron chi connectivity index (χ3n) is 7.95. The van der Waals surface area contributed by atoms with E-state index in [1.54, 1.807) is 4.90 Å². The number of likely N-dealkylation sites (tertiary alicyclic amines) is 1. The number of carbonyl (C=O) groups is 3. The van der Waals surface area contributed by atoms with E-state index in [-0.39, 0.29) is 23.6 Å². The fourth-order valence-corrected chi connectivity index (χ4v) is 5.56. The van der Waals surface area contributed by atoms with Gasteiger partial charge in [0.05, 0.1) is 0 Å². The molecule has 0 radical (unpaired) electrons. The molecule has 2 saturated heterocycles. The van der Waals surface area contributed by atoms with Gasteiger partial charge in [0.15, 0.2) is 0 Å². The molecule has 2 aliphatic rings. The van der Waals surface area contributed by atoms with Gasteiger partial charge in [0, 0.05) is 73.1 Å². The summed E-state index contributed by atoms with van der Waals surface area (Å²) in [6.45, 7) is 6.25. The zero-order chi connectivity index (χ0) is 25.4. The molecule has 0 aliphatic carbocycles. The van der Waals surface area contributed by atoms with Crippen LogP contribution in [0.15, 0.2) is 42.5 Å². The van der Waals surface area contributed by atoms with Gasteiger partial charge in [0.2, 0.25) is 11.8 Å². The zero-order valence-electron chi connectivity index (χ0n) is 21.3. The molecule has 3 heterocycles. The number of fused-ring (bicyclic) bond motifs is 1. The molecule has 0 unspecified atom stereocenters. The Hall–Kier alpha value is -3.61. The summed E-state index contributed by atoms with van der Waals surface area (Å²) in [4.78, 5) is 41.6. The molecule has 2 fully saturated rings. The Labute approximate surface area is 212 Å². The van der Waals surface area contributed by atoms with Crippen LogP contribution in [0.2, 0.25) is 0 Å². The molecule has 2 aromatic carbocycles. The Kier molecular flexibility index (Phi) is 6.56. The highest BCUT2D eigenvalue weighted by molar-refractivity contribution is 5.99. The fraction of sp³-hybridized carbons (Fsp3) is 0.414. The maximum Gasteiger partial charge on any atom is 0.253 e. The molecule has 7 nitrogen and oxygen atoms in total. The van der Waals surface area contributed by atoms with E-state index in [1.807, 2.05) is 47.4 Å². The first kappa shape index (κ1) is 24.1. The largest absolute Gasteiger partial charge is 0.348 e. The quantitative estimate of drug-likeness (QED) is 0.563. The van der Waals surface area contributed by atoms with Crippen molar-refractivity contribution in [2.24, 2.45) is 13.0 Å². The predicted molar refractivity (Wildman–Crippen MR) is 142 cm³/mol. The van der Waals surface area contributed by atoms with Crippen molar-refractivity contribution in [1.29, 1.82) is 0 Å². The number of aryl methyl sites for hydroxylation is 2. The van der Waals surface area contributed by atoms with Gasteiger partial charge in [-0.1, -0.05) is 6.07 Å². The van der Waals surface area contributed by atoms with Gasteiger partial charge in [-0.3, -0.25) is 14.4 Å². The van der Waals surface area contributed by atoms with Gasteiger partial charge in [0.25, 0.3) is 5.91 Å². The van der Waals surface area contributed by atoms with Crippen molar-refractivity contribution in [3.8, 4) is 0 Å². The van der Waals surface area contributed by atoms with Crippen LogP contribution in [0.4, 0.5) is 11.4 Å². The number of amides is 3.